The summed E-state index contributed by atoms with van der Waals surface area (Å²) in [5.41, 5.74) is 5.62. The third-order valence-electron chi connectivity index (χ3n) is 2.94. The van der Waals surface area contributed by atoms with Crippen LogP contribution >= 0.6 is 12.4 Å². The first kappa shape index (κ1) is 21.0. The molecule has 19 heavy (non-hydrogen) atoms. The van der Waals surface area contributed by atoms with Crippen molar-refractivity contribution in [1.29, 1.82) is 0 Å². The first-order chi connectivity index (χ1) is 8.23. The number of carbonyl (C=O) groups excluding carboxylic acids is 1. The van der Waals surface area contributed by atoms with E-state index in [2.05, 4.69) is 0 Å². The molecule has 0 aliphatic heterocycles. The third-order valence-corrected chi connectivity index (χ3v) is 4.81. The molecule has 0 spiro atoms. The molecule has 0 aromatic rings. The molecule has 0 aromatic carbocycles. The number of nitrogens with two attached hydrogens (primary N) is 1. The predicted octanol–water partition coefficient (Wildman–Crippen LogP) is 1.21. The van der Waals surface area contributed by atoms with Crippen LogP contribution in [0.2, 0.25) is 0 Å². The Morgan fingerprint density at radius 1 is 1.26 bits per heavy atom. The van der Waals surface area contributed by atoms with Gasteiger partial charge in [0.25, 0.3) is 0 Å². The molecule has 7 heteroatoms. The Bertz CT molecular complexity index is 358. The fraction of sp³-hybridized carbons (Fsp3) is 0.917. The van der Waals surface area contributed by atoms with Crippen LogP contribution in [0.3, 0.4) is 0 Å². The van der Waals surface area contributed by atoms with Gasteiger partial charge >= 0.3 is 0 Å². The van der Waals surface area contributed by atoms with Crippen molar-refractivity contribution in [3.63, 3.8) is 0 Å². The molecule has 0 fully saturated rings. The van der Waals surface area contributed by atoms with Gasteiger partial charge in [0.15, 0.2) is 9.84 Å². The molecule has 5 nitrogen and oxygen atoms in total. The first-order valence-electron chi connectivity index (χ1n) is 6.49. The molecular weight excluding hydrogens is 288 g/mol. The van der Waals surface area contributed by atoms with Crippen molar-refractivity contribution < 1.29 is 13.2 Å². The molecule has 2 N–H and O–H groups in total. The molecule has 0 rings (SSSR count). The van der Waals surface area contributed by atoms with Crippen molar-refractivity contribution in [3.05, 3.63) is 0 Å². The molecule has 116 valence electrons. The van der Waals surface area contributed by atoms with Crippen LogP contribution in [-0.2, 0) is 14.6 Å². The zero-order valence-corrected chi connectivity index (χ0v) is 13.9. The van der Waals surface area contributed by atoms with Crippen LogP contribution in [-0.4, -0.2) is 49.4 Å². The van der Waals surface area contributed by atoms with Crippen molar-refractivity contribution in [2.75, 3.05) is 18.1 Å². The van der Waals surface area contributed by atoms with Crippen molar-refractivity contribution in [2.45, 2.75) is 52.6 Å². The highest BCUT2D eigenvalue weighted by Crippen LogP contribution is 2.08. The first-order valence-corrected chi connectivity index (χ1v) is 8.31. The van der Waals surface area contributed by atoms with Crippen LogP contribution in [0.1, 0.15) is 40.5 Å². The Hall–Kier alpha value is -0.330. The number of amides is 1. The lowest BCUT2D eigenvalue weighted by Gasteiger charge is -2.28. The Labute approximate surface area is 123 Å². The number of hydrogen-bond donors (Lipinski definition) is 1. The largest absolute Gasteiger partial charge is 0.339 e. The number of halogens is 1. The molecule has 0 aliphatic carbocycles. The summed E-state index contributed by atoms with van der Waals surface area (Å²) in [5, 5.41) is 0. The normalized spacial score (nSPS) is 14.4. The number of carbonyl (C=O) groups is 1. The summed E-state index contributed by atoms with van der Waals surface area (Å²) in [7, 11) is -3.06. The van der Waals surface area contributed by atoms with Crippen LogP contribution in [0.25, 0.3) is 0 Å². The highest BCUT2D eigenvalue weighted by Gasteiger charge is 2.22. The lowest BCUT2D eigenvalue weighted by atomic mass is 10.1. The van der Waals surface area contributed by atoms with E-state index >= 15 is 0 Å². The fourth-order valence-corrected chi connectivity index (χ4v) is 2.95. The van der Waals surface area contributed by atoms with Crippen LogP contribution < -0.4 is 5.73 Å². The van der Waals surface area contributed by atoms with Crippen LogP contribution in [0.5, 0.6) is 0 Å². The topological polar surface area (TPSA) is 80.5 Å². The molecule has 0 heterocycles. The van der Waals surface area contributed by atoms with Gasteiger partial charge < -0.3 is 10.6 Å². The van der Waals surface area contributed by atoms with Crippen molar-refractivity contribution >= 4 is 28.2 Å². The molecule has 0 radical (unpaired) electrons. The van der Waals surface area contributed by atoms with E-state index in [0.717, 1.165) is 0 Å². The van der Waals surface area contributed by atoms with E-state index < -0.39 is 9.84 Å². The van der Waals surface area contributed by atoms with E-state index in [1.807, 2.05) is 13.8 Å². The Morgan fingerprint density at radius 2 is 1.79 bits per heavy atom. The molecule has 2 atom stereocenters. The van der Waals surface area contributed by atoms with Gasteiger partial charge in [0, 0.05) is 30.8 Å². The second-order valence-electron chi connectivity index (χ2n) is 4.74. The lowest BCUT2D eigenvalue weighted by molar-refractivity contribution is -0.132. The Balaban J connectivity index is 0. The summed E-state index contributed by atoms with van der Waals surface area (Å²) in [6.07, 6.45) is 1.00. The molecule has 0 saturated heterocycles. The van der Waals surface area contributed by atoms with Gasteiger partial charge in [-0.2, -0.15) is 0 Å². The molecule has 0 saturated carbocycles. The van der Waals surface area contributed by atoms with E-state index in [0.29, 0.717) is 19.4 Å². The van der Waals surface area contributed by atoms with Crippen LogP contribution in [0.15, 0.2) is 0 Å². The second-order valence-corrected chi connectivity index (χ2v) is 7.14. The summed E-state index contributed by atoms with van der Waals surface area (Å²) in [6, 6.07) is -0.289. The molecule has 0 aromatic heterocycles. The highest BCUT2D eigenvalue weighted by molar-refractivity contribution is 7.91. The molecular formula is C12H27ClN2O3S. The van der Waals surface area contributed by atoms with Crippen molar-refractivity contribution in [2.24, 2.45) is 5.73 Å². The van der Waals surface area contributed by atoms with E-state index in [9.17, 15) is 13.2 Å². The van der Waals surface area contributed by atoms with Gasteiger partial charge in [-0.25, -0.2) is 8.42 Å². The monoisotopic (exact) mass is 314 g/mol. The van der Waals surface area contributed by atoms with Gasteiger partial charge in [-0.15, -0.1) is 12.4 Å². The number of sulfone groups is 1. The summed E-state index contributed by atoms with van der Waals surface area (Å²) in [4.78, 5) is 13.6. The fourth-order valence-electron chi connectivity index (χ4n) is 1.80. The highest BCUT2D eigenvalue weighted by atomic mass is 35.5. The standard InChI is InChI=1S/C12H26N2O3S.ClH/c1-5-14(12(15)8-7-10(3)13)11(4)9-18(16,17)6-2;/h10-11H,5-9,13H2,1-4H3;1H. The summed E-state index contributed by atoms with van der Waals surface area (Å²) in [5.74, 6) is 0.123. The van der Waals surface area contributed by atoms with Crippen LogP contribution in [0.4, 0.5) is 0 Å². The van der Waals surface area contributed by atoms with E-state index in [1.54, 1.807) is 18.7 Å². The van der Waals surface area contributed by atoms with Gasteiger partial charge in [0.05, 0.1) is 5.75 Å². The maximum Gasteiger partial charge on any atom is 0.222 e. The lowest BCUT2D eigenvalue weighted by Crippen LogP contribution is -2.42. The molecule has 0 bridgehead atoms. The Kier molecular flexibility index (Phi) is 10.5. The third kappa shape index (κ3) is 8.44. The van der Waals surface area contributed by atoms with Gasteiger partial charge in [-0.3, -0.25) is 4.79 Å². The van der Waals surface area contributed by atoms with E-state index in [4.69, 9.17) is 5.73 Å². The average molecular weight is 315 g/mol. The molecule has 2 unspecified atom stereocenters. The average Bonchev–Trinajstić information content (AvgIpc) is 2.26. The summed E-state index contributed by atoms with van der Waals surface area (Å²) in [6.45, 7) is 7.64. The quantitative estimate of drug-likeness (QED) is 0.730. The summed E-state index contributed by atoms with van der Waals surface area (Å²) < 4.78 is 23.1. The number of hydrogen-bond acceptors (Lipinski definition) is 4. The van der Waals surface area contributed by atoms with Crippen molar-refractivity contribution in [3.8, 4) is 0 Å². The number of rotatable bonds is 8. The maximum atomic E-state index is 12.0. The SMILES string of the molecule is CCN(C(=O)CCC(C)N)C(C)CS(=O)(=O)CC.Cl. The predicted molar refractivity (Wildman–Crippen MR) is 81.3 cm³/mol. The van der Waals surface area contributed by atoms with Crippen LogP contribution in [0, 0.1) is 0 Å². The van der Waals surface area contributed by atoms with E-state index in [1.165, 1.54) is 0 Å². The minimum absolute atomic E-state index is 0. The van der Waals surface area contributed by atoms with Gasteiger partial charge in [-0.1, -0.05) is 6.92 Å². The molecule has 0 aliphatic rings. The maximum absolute atomic E-state index is 12.0. The van der Waals surface area contributed by atoms with E-state index in [-0.39, 0.29) is 41.9 Å². The van der Waals surface area contributed by atoms with Gasteiger partial charge in [0.1, 0.15) is 0 Å². The zero-order chi connectivity index (χ0) is 14.3. The zero-order valence-electron chi connectivity index (χ0n) is 12.3. The summed E-state index contributed by atoms with van der Waals surface area (Å²) >= 11 is 0. The molecule has 1 amide bonds. The second kappa shape index (κ2) is 9.55. The van der Waals surface area contributed by atoms with Crippen molar-refractivity contribution in [1.82, 2.24) is 4.90 Å². The number of nitrogens with zero attached hydrogens (tertiary/aromatic N) is 1. The minimum atomic E-state index is -3.06. The van der Waals surface area contributed by atoms with Gasteiger partial charge in [-0.05, 0) is 27.2 Å². The minimum Gasteiger partial charge on any atom is -0.339 e. The smallest absolute Gasteiger partial charge is 0.222 e. The van der Waals surface area contributed by atoms with Gasteiger partial charge in [0.2, 0.25) is 5.91 Å². The Morgan fingerprint density at radius 3 is 2.16 bits per heavy atom.